The van der Waals surface area contributed by atoms with E-state index in [9.17, 15) is 18.7 Å². The highest BCUT2D eigenvalue weighted by Crippen LogP contribution is 2.42. The van der Waals surface area contributed by atoms with Gasteiger partial charge in [0.05, 0.1) is 13.2 Å². The summed E-state index contributed by atoms with van der Waals surface area (Å²) in [6, 6.07) is 9.68. The van der Waals surface area contributed by atoms with E-state index in [-0.39, 0.29) is 13.1 Å². The van der Waals surface area contributed by atoms with Gasteiger partial charge in [-0.3, -0.25) is 4.79 Å². The van der Waals surface area contributed by atoms with Gasteiger partial charge in [-0.1, -0.05) is 24.3 Å². The average Bonchev–Trinajstić information content (AvgIpc) is 2.97. The minimum atomic E-state index is -1.22. The van der Waals surface area contributed by atoms with Crippen molar-refractivity contribution in [2.45, 2.75) is 18.4 Å². The van der Waals surface area contributed by atoms with Crippen LogP contribution >= 0.6 is 0 Å². The Kier molecular flexibility index (Phi) is 3.72. The van der Waals surface area contributed by atoms with E-state index in [1.807, 2.05) is 24.3 Å². The molecule has 4 nitrogen and oxygen atoms in total. The standard InChI is InChI=1S/C19H17F2NO3/c20-14-5-6-15(23)17(21)16(14)18(24)22-9-10-25-19(11-22)8-7-12-3-1-2-4-13(12)19/h1-6,23H,7-11H2/t19-/m1/s1. The maximum Gasteiger partial charge on any atom is 0.260 e. The van der Waals surface area contributed by atoms with E-state index in [0.29, 0.717) is 6.61 Å². The van der Waals surface area contributed by atoms with Gasteiger partial charge in [-0.25, -0.2) is 8.78 Å². The van der Waals surface area contributed by atoms with E-state index in [1.165, 1.54) is 10.5 Å². The van der Waals surface area contributed by atoms with Gasteiger partial charge in [0.25, 0.3) is 5.91 Å². The van der Waals surface area contributed by atoms with Crippen LogP contribution in [0, 0.1) is 11.6 Å². The molecule has 1 spiro atoms. The zero-order valence-electron chi connectivity index (χ0n) is 13.5. The lowest BCUT2D eigenvalue weighted by Crippen LogP contribution is -2.51. The van der Waals surface area contributed by atoms with Crippen molar-refractivity contribution in [2.75, 3.05) is 19.7 Å². The highest BCUT2D eigenvalue weighted by molar-refractivity contribution is 5.95. The van der Waals surface area contributed by atoms with Crippen LogP contribution in [-0.2, 0) is 16.8 Å². The van der Waals surface area contributed by atoms with Gasteiger partial charge >= 0.3 is 0 Å². The van der Waals surface area contributed by atoms with Crippen molar-refractivity contribution in [2.24, 2.45) is 0 Å². The van der Waals surface area contributed by atoms with Gasteiger partial charge in [-0.2, -0.15) is 0 Å². The van der Waals surface area contributed by atoms with Crippen molar-refractivity contribution < 1.29 is 23.4 Å². The minimum absolute atomic E-state index is 0.234. The Morgan fingerprint density at radius 1 is 1.20 bits per heavy atom. The molecule has 2 aromatic carbocycles. The van der Waals surface area contributed by atoms with Crippen molar-refractivity contribution in [3.05, 3.63) is 64.7 Å². The topological polar surface area (TPSA) is 49.8 Å². The molecule has 0 radical (unpaired) electrons. The normalized spacial score (nSPS) is 22.2. The first-order valence-electron chi connectivity index (χ1n) is 8.20. The molecule has 1 amide bonds. The Labute approximate surface area is 143 Å². The SMILES string of the molecule is O=C(c1c(F)ccc(O)c1F)N1CCO[C@]2(CCc3ccccc32)C1. The molecule has 0 bridgehead atoms. The number of halogens is 2. The van der Waals surface area contributed by atoms with Gasteiger partial charge < -0.3 is 14.7 Å². The number of rotatable bonds is 1. The third-order valence-electron chi connectivity index (χ3n) is 5.06. The zero-order chi connectivity index (χ0) is 17.6. The summed E-state index contributed by atoms with van der Waals surface area (Å²) in [6.45, 7) is 0.775. The summed E-state index contributed by atoms with van der Waals surface area (Å²) in [5.74, 6) is -3.71. The lowest BCUT2D eigenvalue weighted by Gasteiger charge is -2.41. The Balaban J connectivity index is 1.67. The second-order valence-electron chi connectivity index (χ2n) is 6.48. The molecule has 0 saturated carbocycles. The molecule has 1 N–H and O–H groups in total. The molecule has 1 atom stereocenters. The van der Waals surface area contributed by atoms with Gasteiger partial charge in [-0.15, -0.1) is 0 Å². The van der Waals surface area contributed by atoms with Crippen molar-refractivity contribution in [1.82, 2.24) is 4.90 Å². The maximum absolute atomic E-state index is 14.1. The zero-order valence-corrected chi connectivity index (χ0v) is 13.5. The number of aromatic hydroxyl groups is 1. The van der Waals surface area contributed by atoms with E-state index in [2.05, 4.69) is 0 Å². The Morgan fingerprint density at radius 3 is 2.84 bits per heavy atom. The fourth-order valence-electron chi connectivity index (χ4n) is 3.82. The molecular formula is C19H17F2NO3. The Bertz CT molecular complexity index is 851. The molecule has 1 aliphatic carbocycles. The largest absolute Gasteiger partial charge is 0.505 e. The van der Waals surface area contributed by atoms with Crippen LogP contribution < -0.4 is 0 Å². The molecule has 2 aromatic rings. The summed E-state index contributed by atoms with van der Waals surface area (Å²) in [6.07, 6.45) is 1.56. The van der Waals surface area contributed by atoms with E-state index < -0.39 is 34.5 Å². The monoisotopic (exact) mass is 345 g/mol. The number of hydrogen-bond acceptors (Lipinski definition) is 3. The maximum atomic E-state index is 14.1. The number of phenols is 1. The first-order chi connectivity index (χ1) is 12.0. The van der Waals surface area contributed by atoms with Gasteiger partial charge in [-0.05, 0) is 36.1 Å². The summed E-state index contributed by atoms with van der Waals surface area (Å²) in [5, 5.41) is 9.47. The van der Waals surface area contributed by atoms with E-state index in [0.717, 1.165) is 30.5 Å². The predicted octanol–water partition coefficient (Wildman–Crippen LogP) is 2.98. The fraction of sp³-hybridized carbons (Fsp3) is 0.316. The number of nitrogens with zero attached hydrogens (tertiary/aromatic N) is 1. The van der Waals surface area contributed by atoms with E-state index >= 15 is 0 Å². The number of morpholine rings is 1. The van der Waals surface area contributed by atoms with Gasteiger partial charge in [0.2, 0.25) is 0 Å². The third kappa shape index (κ3) is 2.48. The number of amides is 1. The Hall–Kier alpha value is -2.47. The quantitative estimate of drug-likeness (QED) is 0.864. The molecule has 4 rings (SSSR count). The summed E-state index contributed by atoms with van der Waals surface area (Å²) >= 11 is 0. The highest BCUT2D eigenvalue weighted by Gasteiger charge is 2.45. The Morgan fingerprint density at radius 2 is 2.00 bits per heavy atom. The molecule has 0 unspecified atom stereocenters. The molecule has 1 fully saturated rings. The molecule has 0 aromatic heterocycles. The molecule has 1 saturated heterocycles. The lowest BCUT2D eigenvalue weighted by atomic mass is 9.93. The number of carbonyl (C=O) groups is 1. The van der Waals surface area contributed by atoms with Crippen LogP contribution in [0.15, 0.2) is 36.4 Å². The minimum Gasteiger partial charge on any atom is -0.505 e. The van der Waals surface area contributed by atoms with Crippen LogP contribution in [0.5, 0.6) is 5.75 Å². The number of phenolic OH excluding ortho intramolecular Hbond substituents is 1. The van der Waals surface area contributed by atoms with Crippen molar-refractivity contribution >= 4 is 5.91 Å². The van der Waals surface area contributed by atoms with E-state index in [4.69, 9.17) is 4.74 Å². The van der Waals surface area contributed by atoms with Crippen LogP contribution in [0.4, 0.5) is 8.78 Å². The molecule has 6 heteroatoms. The molecule has 130 valence electrons. The van der Waals surface area contributed by atoms with Crippen LogP contribution in [0.1, 0.15) is 27.9 Å². The van der Waals surface area contributed by atoms with Crippen molar-refractivity contribution in [3.63, 3.8) is 0 Å². The first kappa shape index (κ1) is 16.0. The summed E-state index contributed by atoms with van der Waals surface area (Å²) in [5.41, 5.74) is 0.855. The highest BCUT2D eigenvalue weighted by atomic mass is 19.1. The van der Waals surface area contributed by atoms with Crippen LogP contribution in [0.25, 0.3) is 0 Å². The number of benzene rings is 2. The predicted molar refractivity (Wildman–Crippen MR) is 86.3 cm³/mol. The third-order valence-corrected chi connectivity index (χ3v) is 5.06. The van der Waals surface area contributed by atoms with Gasteiger partial charge in [0.15, 0.2) is 11.6 Å². The number of fused-ring (bicyclic) bond motifs is 2. The van der Waals surface area contributed by atoms with Gasteiger partial charge in [0, 0.05) is 6.54 Å². The molecule has 25 heavy (non-hydrogen) atoms. The van der Waals surface area contributed by atoms with Crippen LogP contribution in [-0.4, -0.2) is 35.6 Å². The summed E-state index contributed by atoms with van der Waals surface area (Å²) in [4.78, 5) is 14.1. The van der Waals surface area contributed by atoms with Gasteiger partial charge in [0.1, 0.15) is 17.0 Å². The van der Waals surface area contributed by atoms with Crippen molar-refractivity contribution in [3.8, 4) is 5.75 Å². The summed E-state index contributed by atoms with van der Waals surface area (Å²) < 4.78 is 34.1. The van der Waals surface area contributed by atoms with Crippen molar-refractivity contribution in [1.29, 1.82) is 0 Å². The number of hydrogen-bond donors (Lipinski definition) is 1. The smallest absolute Gasteiger partial charge is 0.260 e. The van der Waals surface area contributed by atoms with Crippen LogP contribution in [0.2, 0.25) is 0 Å². The number of aryl methyl sites for hydroxylation is 1. The van der Waals surface area contributed by atoms with Crippen LogP contribution in [0.3, 0.4) is 0 Å². The first-order valence-corrected chi connectivity index (χ1v) is 8.20. The molecule has 1 heterocycles. The number of ether oxygens (including phenoxy) is 1. The lowest BCUT2D eigenvalue weighted by molar-refractivity contribution is -0.104. The second kappa shape index (κ2) is 5.81. The molecule has 2 aliphatic rings. The fourth-order valence-corrected chi connectivity index (χ4v) is 3.82. The summed E-state index contributed by atoms with van der Waals surface area (Å²) in [7, 11) is 0. The molecule has 1 aliphatic heterocycles. The average molecular weight is 345 g/mol. The molecular weight excluding hydrogens is 328 g/mol. The number of carbonyl (C=O) groups excluding carboxylic acids is 1. The second-order valence-corrected chi connectivity index (χ2v) is 6.48. The van der Waals surface area contributed by atoms with E-state index in [1.54, 1.807) is 0 Å².